The van der Waals surface area contributed by atoms with Gasteiger partial charge in [0, 0.05) is 15.8 Å². The quantitative estimate of drug-likeness (QED) is 0.854. The number of hydrogen-bond acceptors (Lipinski definition) is 2. The summed E-state index contributed by atoms with van der Waals surface area (Å²) in [5, 5.41) is 3.37. The summed E-state index contributed by atoms with van der Waals surface area (Å²) >= 11 is 1.73. The van der Waals surface area contributed by atoms with Gasteiger partial charge in [-0.05, 0) is 50.1 Å². The Morgan fingerprint density at radius 1 is 1.25 bits per heavy atom. The minimum Gasteiger partial charge on any atom is -0.310 e. The lowest BCUT2D eigenvalue weighted by atomic mass is 9.98. The zero-order chi connectivity index (χ0) is 14.7. The topological polar surface area (TPSA) is 12.0 Å². The lowest BCUT2D eigenvalue weighted by Gasteiger charge is -2.18. The lowest BCUT2D eigenvalue weighted by Crippen LogP contribution is -2.23. The number of nitrogens with one attached hydrogen (secondary N) is 1. The van der Waals surface area contributed by atoms with Crippen molar-refractivity contribution in [3.63, 3.8) is 0 Å². The smallest absolute Gasteiger partial charge is 0.162 e. The molecule has 0 saturated carbocycles. The molecule has 0 spiro atoms. The molecule has 4 heteroatoms. The van der Waals surface area contributed by atoms with Gasteiger partial charge in [0.05, 0.1) is 0 Å². The summed E-state index contributed by atoms with van der Waals surface area (Å²) in [4.78, 5) is 2.46. The normalized spacial score (nSPS) is 12.7. The second kappa shape index (κ2) is 6.46. The molecule has 1 aromatic heterocycles. The third-order valence-electron chi connectivity index (χ3n) is 3.36. The summed E-state index contributed by atoms with van der Waals surface area (Å²) in [7, 11) is 0. The van der Waals surface area contributed by atoms with Crippen LogP contribution in [0.15, 0.2) is 24.3 Å². The number of rotatable bonds is 5. The van der Waals surface area contributed by atoms with Crippen molar-refractivity contribution in [3.05, 3.63) is 56.8 Å². The largest absolute Gasteiger partial charge is 0.310 e. The highest BCUT2D eigenvalue weighted by atomic mass is 32.1. The Morgan fingerprint density at radius 2 is 2.00 bits per heavy atom. The highest BCUT2D eigenvalue weighted by Crippen LogP contribution is 2.29. The van der Waals surface area contributed by atoms with Crippen LogP contribution in [-0.4, -0.2) is 6.54 Å². The molecule has 1 aromatic carbocycles. The molecular weight excluding hydrogens is 276 g/mol. The first-order chi connectivity index (χ1) is 9.52. The second-order valence-corrected chi connectivity index (χ2v) is 6.36. The molecule has 0 amide bonds. The number of benzene rings is 1. The highest BCUT2D eigenvalue weighted by Gasteiger charge is 2.18. The summed E-state index contributed by atoms with van der Waals surface area (Å²) in [6.45, 7) is 6.94. The van der Waals surface area contributed by atoms with E-state index < -0.39 is 11.6 Å². The zero-order valence-electron chi connectivity index (χ0n) is 12.0. The first-order valence-electron chi connectivity index (χ1n) is 6.76. The standard InChI is InChI=1S/C16H19F2NS/c1-4-19-15(13-8-10(2)20-11(13)3)9-12-6-5-7-14(17)16(12)18/h5-8,15,19H,4,9H2,1-3H3. The Labute approximate surface area is 122 Å². The molecule has 1 nitrogen and oxygen atoms in total. The summed E-state index contributed by atoms with van der Waals surface area (Å²) in [6, 6.07) is 6.51. The monoisotopic (exact) mass is 295 g/mol. The van der Waals surface area contributed by atoms with E-state index in [4.69, 9.17) is 0 Å². The molecule has 2 aromatic rings. The predicted molar refractivity (Wildman–Crippen MR) is 80.3 cm³/mol. The van der Waals surface area contributed by atoms with E-state index in [9.17, 15) is 8.78 Å². The van der Waals surface area contributed by atoms with Gasteiger partial charge in [0.2, 0.25) is 0 Å². The number of aryl methyl sites for hydroxylation is 2. The highest BCUT2D eigenvalue weighted by molar-refractivity contribution is 7.12. The van der Waals surface area contributed by atoms with Crippen molar-refractivity contribution in [2.75, 3.05) is 6.54 Å². The van der Waals surface area contributed by atoms with Gasteiger partial charge in [-0.1, -0.05) is 19.1 Å². The molecule has 0 fully saturated rings. The van der Waals surface area contributed by atoms with Gasteiger partial charge in [0.15, 0.2) is 11.6 Å². The van der Waals surface area contributed by atoms with Crippen LogP contribution >= 0.6 is 11.3 Å². The molecule has 1 atom stereocenters. The summed E-state index contributed by atoms with van der Waals surface area (Å²) < 4.78 is 27.1. The van der Waals surface area contributed by atoms with Crippen LogP contribution < -0.4 is 5.32 Å². The first-order valence-corrected chi connectivity index (χ1v) is 7.57. The summed E-state index contributed by atoms with van der Waals surface area (Å²) in [5.41, 5.74) is 1.59. The maximum absolute atomic E-state index is 13.8. The molecule has 2 rings (SSSR count). The molecular formula is C16H19F2NS. The van der Waals surface area contributed by atoms with Crippen LogP contribution in [0, 0.1) is 25.5 Å². The molecule has 20 heavy (non-hydrogen) atoms. The van der Waals surface area contributed by atoms with Crippen molar-refractivity contribution in [2.24, 2.45) is 0 Å². The molecule has 1 unspecified atom stereocenters. The maximum Gasteiger partial charge on any atom is 0.162 e. The van der Waals surface area contributed by atoms with Crippen LogP contribution in [0.5, 0.6) is 0 Å². The molecule has 0 aliphatic heterocycles. The van der Waals surface area contributed by atoms with Gasteiger partial charge in [0.25, 0.3) is 0 Å². The number of thiophene rings is 1. The molecule has 0 aliphatic rings. The van der Waals surface area contributed by atoms with Crippen LogP contribution in [0.2, 0.25) is 0 Å². The Bertz CT molecular complexity index is 592. The molecule has 0 saturated heterocycles. The van der Waals surface area contributed by atoms with Gasteiger partial charge in [0.1, 0.15) is 0 Å². The van der Waals surface area contributed by atoms with Gasteiger partial charge in [-0.3, -0.25) is 0 Å². The average molecular weight is 295 g/mol. The fraction of sp³-hybridized carbons (Fsp3) is 0.375. The van der Waals surface area contributed by atoms with E-state index in [0.29, 0.717) is 12.0 Å². The molecule has 0 bridgehead atoms. The minimum atomic E-state index is -0.782. The fourth-order valence-electron chi connectivity index (χ4n) is 2.46. The van der Waals surface area contributed by atoms with Crippen molar-refractivity contribution in [2.45, 2.75) is 33.2 Å². The number of halogens is 2. The Hall–Kier alpha value is -1.26. The van der Waals surface area contributed by atoms with E-state index in [0.717, 1.165) is 12.6 Å². The summed E-state index contributed by atoms with van der Waals surface area (Å²) in [5.74, 6) is -1.52. The van der Waals surface area contributed by atoms with Crippen LogP contribution in [-0.2, 0) is 6.42 Å². The fourth-order valence-corrected chi connectivity index (χ4v) is 3.45. The molecule has 1 heterocycles. The van der Waals surface area contributed by atoms with Crippen molar-refractivity contribution in [3.8, 4) is 0 Å². The first kappa shape index (κ1) is 15.1. The van der Waals surface area contributed by atoms with Gasteiger partial charge < -0.3 is 5.32 Å². The lowest BCUT2D eigenvalue weighted by molar-refractivity contribution is 0.481. The number of likely N-dealkylation sites (N-methyl/N-ethyl adjacent to an activating group) is 1. The Morgan fingerprint density at radius 3 is 2.60 bits per heavy atom. The van der Waals surface area contributed by atoms with Crippen molar-refractivity contribution in [1.29, 1.82) is 0 Å². The molecule has 0 radical (unpaired) electrons. The van der Waals surface area contributed by atoms with Crippen molar-refractivity contribution >= 4 is 11.3 Å². The molecule has 0 aliphatic carbocycles. The van der Waals surface area contributed by atoms with E-state index in [1.807, 2.05) is 6.92 Å². The van der Waals surface area contributed by atoms with E-state index in [2.05, 4.69) is 25.2 Å². The predicted octanol–water partition coefficient (Wildman–Crippen LogP) is 4.54. The van der Waals surface area contributed by atoms with Gasteiger partial charge in [-0.25, -0.2) is 8.78 Å². The second-order valence-electron chi connectivity index (χ2n) is 4.90. The minimum absolute atomic E-state index is 0.0150. The summed E-state index contributed by atoms with van der Waals surface area (Å²) in [6.07, 6.45) is 0.453. The van der Waals surface area contributed by atoms with Crippen LogP contribution in [0.1, 0.15) is 33.8 Å². The van der Waals surface area contributed by atoms with E-state index in [-0.39, 0.29) is 6.04 Å². The van der Waals surface area contributed by atoms with Crippen LogP contribution in [0.3, 0.4) is 0 Å². The van der Waals surface area contributed by atoms with Crippen LogP contribution in [0.25, 0.3) is 0 Å². The SMILES string of the molecule is CCNC(Cc1cccc(F)c1F)c1cc(C)sc1C. The Kier molecular flexibility index (Phi) is 4.89. The number of hydrogen-bond donors (Lipinski definition) is 1. The van der Waals surface area contributed by atoms with E-state index in [1.54, 1.807) is 23.5 Å². The third-order valence-corrected chi connectivity index (χ3v) is 4.34. The molecule has 1 N–H and O–H groups in total. The van der Waals surface area contributed by atoms with E-state index in [1.165, 1.54) is 15.3 Å². The molecule has 108 valence electrons. The van der Waals surface area contributed by atoms with Crippen molar-refractivity contribution < 1.29 is 8.78 Å². The van der Waals surface area contributed by atoms with E-state index >= 15 is 0 Å². The Balaban J connectivity index is 2.30. The maximum atomic E-state index is 13.8. The average Bonchev–Trinajstić information content (AvgIpc) is 2.73. The van der Waals surface area contributed by atoms with Crippen LogP contribution in [0.4, 0.5) is 8.78 Å². The third kappa shape index (κ3) is 3.25. The zero-order valence-corrected chi connectivity index (χ0v) is 12.8. The van der Waals surface area contributed by atoms with Crippen molar-refractivity contribution in [1.82, 2.24) is 5.32 Å². The van der Waals surface area contributed by atoms with Gasteiger partial charge in [-0.15, -0.1) is 11.3 Å². The van der Waals surface area contributed by atoms with Gasteiger partial charge >= 0.3 is 0 Å². The van der Waals surface area contributed by atoms with Gasteiger partial charge in [-0.2, -0.15) is 0 Å².